The van der Waals surface area contributed by atoms with E-state index >= 15 is 0 Å². The highest BCUT2D eigenvalue weighted by Crippen LogP contribution is 2.22. The van der Waals surface area contributed by atoms with E-state index in [0.29, 0.717) is 42.6 Å². The number of halogens is 1. The number of amides is 2. The zero-order valence-corrected chi connectivity index (χ0v) is 15.1. The lowest BCUT2D eigenvalue weighted by Gasteiger charge is -2.31. The first-order valence-corrected chi connectivity index (χ1v) is 8.91. The van der Waals surface area contributed by atoms with Crippen LogP contribution in [-0.2, 0) is 4.79 Å². The number of carbonyl (C=O) groups is 3. The zero-order chi connectivity index (χ0) is 19.4. The van der Waals surface area contributed by atoms with Crippen LogP contribution in [0.4, 0.5) is 4.39 Å². The van der Waals surface area contributed by atoms with Crippen molar-refractivity contribution in [2.75, 3.05) is 20.1 Å². The molecule has 1 aliphatic rings. The molecule has 2 aromatic carbocycles. The second kappa shape index (κ2) is 8.12. The SMILES string of the molecule is CNC(=O)C1CCN(C(=O)c2ccccc2C(=O)c2ccc(F)cc2)CC1. The van der Waals surface area contributed by atoms with E-state index in [1.54, 1.807) is 36.2 Å². The highest BCUT2D eigenvalue weighted by molar-refractivity contribution is 6.15. The predicted octanol–water partition coefficient (Wildman–Crippen LogP) is 2.65. The Morgan fingerprint density at radius 3 is 2.15 bits per heavy atom. The minimum Gasteiger partial charge on any atom is -0.359 e. The summed E-state index contributed by atoms with van der Waals surface area (Å²) in [7, 11) is 1.61. The summed E-state index contributed by atoms with van der Waals surface area (Å²) in [6, 6.07) is 11.9. The molecule has 140 valence electrons. The van der Waals surface area contributed by atoms with Crippen LogP contribution in [0, 0.1) is 11.7 Å². The number of nitrogens with zero attached hydrogens (tertiary/aromatic N) is 1. The molecule has 0 bridgehead atoms. The van der Waals surface area contributed by atoms with E-state index in [1.807, 2.05) is 0 Å². The van der Waals surface area contributed by atoms with E-state index in [0.717, 1.165) is 0 Å². The van der Waals surface area contributed by atoms with Gasteiger partial charge < -0.3 is 10.2 Å². The fraction of sp³-hybridized carbons (Fsp3) is 0.286. The van der Waals surface area contributed by atoms with Gasteiger partial charge in [0.1, 0.15) is 5.82 Å². The Hall–Kier alpha value is -3.02. The maximum absolute atomic E-state index is 13.1. The summed E-state index contributed by atoms with van der Waals surface area (Å²) in [6.07, 6.45) is 1.19. The first-order valence-electron chi connectivity index (χ1n) is 8.91. The summed E-state index contributed by atoms with van der Waals surface area (Å²) in [4.78, 5) is 39.2. The largest absolute Gasteiger partial charge is 0.359 e. The van der Waals surface area contributed by atoms with Gasteiger partial charge >= 0.3 is 0 Å². The van der Waals surface area contributed by atoms with Gasteiger partial charge in [-0.25, -0.2) is 4.39 Å². The minimum atomic E-state index is -0.421. The molecule has 1 saturated heterocycles. The standard InChI is InChI=1S/C21H21FN2O3/c1-23-20(26)15-10-12-24(13-11-15)21(27)18-5-3-2-4-17(18)19(25)14-6-8-16(22)9-7-14/h2-9,15H,10-13H2,1H3,(H,23,26). The van der Waals surface area contributed by atoms with Crippen LogP contribution in [0.5, 0.6) is 0 Å². The average Bonchev–Trinajstić information content (AvgIpc) is 2.73. The Morgan fingerprint density at radius 2 is 1.56 bits per heavy atom. The smallest absolute Gasteiger partial charge is 0.254 e. The number of nitrogens with one attached hydrogen (secondary N) is 1. The van der Waals surface area contributed by atoms with Crippen molar-refractivity contribution in [1.29, 1.82) is 0 Å². The molecular formula is C21H21FN2O3. The molecule has 2 aromatic rings. The van der Waals surface area contributed by atoms with E-state index in [4.69, 9.17) is 0 Å². The van der Waals surface area contributed by atoms with Gasteiger partial charge in [0.15, 0.2) is 5.78 Å². The zero-order valence-electron chi connectivity index (χ0n) is 15.1. The van der Waals surface area contributed by atoms with Gasteiger partial charge in [-0.2, -0.15) is 0 Å². The third-order valence-corrected chi connectivity index (χ3v) is 4.91. The van der Waals surface area contributed by atoms with Crippen LogP contribution in [0.15, 0.2) is 48.5 Å². The Bertz CT molecular complexity index is 856. The van der Waals surface area contributed by atoms with Crippen molar-refractivity contribution in [1.82, 2.24) is 10.2 Å². The number of hydrogen-bond donors (Lipinski definition) is 1. The van der Waals surface area contributed by atoms with Gasteiger partial charge in [0.05, 0.1) is 5.56 Å². The van der Waals surface area contributed by atoms with Gasteiger partial charge in [-0.1, -0.05) is 18.2 Å². The summed E-state index contributed by atoms with van der Waals surface area (Å²) in [6.45, 7) is 0.936. The van der Waals surface area contributed by atoms with Crippen LogP contribution in [0.2, 0.25) is 0 Å². The summed E-state index contributed by atoms with van der Waals surface area (Å²) < 4.78 is 13.1. The Balaban J connectivity index is 1.79. The van der Waals surface area contributed by atoms with Crippen LogP contribution in [-0.4, -0.2) is 42.6 Å². The van der Waals surface area contributed by atoms with Gasteiger partial charge in [-0.05, 0) is 43.2 Å². The lowest BCUT2D eigenvalue weighted by Crippen LogP contribution is -2.42. The number of carbonyl (C=O) groups excluding carboxylic acids is 3. The van der Waals surface area contributed by atoms with Gasteiger partial charge in [0.2, 0.25) is 5.91 Å². The van der Waals surface area contributed by atoms with Crippen molar-refractivity contribution in [3.8, 4) is 0 Å². The van der Waals surface area contributed by atoms with Gasteiger partial charge in [0, 0.05) is 37.2 Å². The summed E-state index contributed by atoms with van der Waals surface area (Å²) in [5.41, 5.74) is 0.947. The molecule has 2 amide bonds. The monoisotopic (exact) mass is 368 g/mol. The van der Waals surface area contributed by atoms with Crippen molar-refractivity contribution < 1.29 is 18.8 Å². The molecule has 0 radical (unpaired) electrons. The van der Waals surface area contributed by atoms with Crippen LogP contribution < -0.4 is 5.32 Å². The molecule has 1 fully saturated rings. The van der Waals surface area contributed by atoms with Crippen LogP contribution in [0.25, 0.3) is 0 Å². The quantitative estimate of drug-likeness (QED) is 0.844. The number of piperidine rings is 1. The topological polar surface area (TPSA) is 66.5 Å². The van der Waals surface area contributed by atoms with Crippen molar-refractivity contribution in [3.63, 3.8) is 0 Å². The normalized spacial score (nSPS) is 14.7. The van der Waals surface area contributed by atoms with E-state index in [9.17, 15) is 18.8 Å². The maximum Gasteiger partial charge on any atom is 0.254 e. The molecule has 1 aliphatic heterocycles. The van der Waals surface area contributed by atoms with Gasteiger partial charge in [-0.15, -0.1) is 0 Å². The number of likely N-dealkylation sites (tertiary alicyclic amines) is 1. The molecule has 0 saturated carbocycles. The third-order valence-electron chi connectivity index (χ3n) is 4.91. The van der Waals surface area contributed by atoms with Crippen LogP contribution >= 0.6 is 0 Å². The molecule has 0 aliphatic carbocycles. The first-order chi connectivity index (χ1) is 13.0. The minimum absolute atomic E-state index is 0.00557. The molecular weight excluding hydrogens is 347 g/mol. The molecule has 5 nitrogen and oxygen atoms in total. The number of benzene rings is 2. The Morgan fingerprint density at radius 1 is 0.963 bits per heavy atom. The molecule has 6 heteroatoms. The van der Waals surface area contributed by atoms with Crippen molar-refractivity contribution in [2.45, 2.75) is 12.8 Å². The summed E-state index contributed by atoms with van der Waals surface area (Å²) >= 11 is 0. The highest BCUT2D eigenvalue weighted by Gasteiger charge is 2.29. The maximum atomic E-state index is 13.1. The number of rotatable bonds is 4. The van der Waals surface area contributed by atoms with Crippen molar-refractivity contribution in [3.05, 3.63) is 71.0 Å². The van der Waals surface area contributed by atoms with E-state index < -0.39 is 5.82 Å². The fourth-order valence-corrected chi connectivity index (χ4v) is 3.34. The van der Waals surface area contributed by atoms with Crippen molar-refractivity contribution >= 4 is 17.6 Å². The number of hydrogen-bond acceptors (Lipinski definition) is 3. The molecule has 1 N–H and O–H groups in total. The van der Waals surface area contributed by atoms with Gasteiger partial charge in [-0.3, -0.25) is 14.4 Å². The second-order valence-electron chi connectivity index (χ2n) is 6.56. The van der Waals surface area contributed by atoms with Crippen LogP contribution in [0.1, 0.15) is 39.1 Å². The average molecular weight is 368 g/mol. The molecule has 0 aromatic heterocycles. The van der Waals surface area contributed by atoms with E-state index in [1.165, 1.54) is 24.3 Å². The molecule has 0 spiro atoms. The highest BCUT2D eigenvalue weighted by atomic mass is 19.1. The fourth-order valence-electron chi connectivity index (χ4n) is 3.34. The van der Waals surface area contributed by atoms with Gasteiger partial charge in [0.25, 0.3) is 5.91 Å². The first kappa shape index (κ1) is 18.8. The Labute approximate surface area is 157 Å². The molecule has 0 atom stereocenters. The van der Waals surface area contributed by atoms with Crippen LogP contribution in [0.3, 0.4) is 0 Å². The summed E-state index contributed by atoms with van der Waals surface area (Å²) in [5.74, 6) is -1.06. The molecule has 1 heterocycles. The molecule has 0 unspecified atom stereocenters. The lowest BCUT2D eigenvalue weighted by atomic mass is 9.94. The summed E-state index contributed by atoms with van der Waals surface area (Å²) in [5, 5.41) is 2.64. The predicted molar refractivity (Wildman–Crippen MR) is 99.0 cm³/mol. The Kier molecular flexibility index (Phi) is 5.64. The molecule has 3 rings (SSSR count). The third kappa shape index (κ3) is 4.05. The van der Waals surface area contributed by atoms with E-state index in [-0.39, 0.29) is 23.5 Å². The van der Waals surface area contributed by atoms with Crippen molar-refractivity contribution in [2.24, 2.45) is 5.92 Å². The number of ketones is 1. The molecule has 27 heavy (non-hydrogen) atoms. The lowest BCUT2D eigenvalue weighted by molar-refractivity contribution is -0.125. The second-order valence-corrected chi connectivity index (χ2v) is 6.56. The van der Waals surface area contributed by atoms with E-state index in [2.05, 4.69) is 5.32 Å².